The highest BCUT2D eigenvalue weighted by atomic mass is 16.5. The van der Waals surface area contributed by atoms with Crippen molar-refractivity contribution in [3.8, 4) is 11.3 Å². The lowest BCUT2D eigenvalue weighted by Crippen LogP contribution is -2.13. The molecule has 0 fully saturated rings. The van der Waals surface area contributed by atoms with Gasteiger partial charge in [-0.05, 0) is 32.0 Å². The monoisotopic (exact) mass is 323 g/mol. The number of para-hydroxylation sites is 1. The first kappa shape index (κ1) is 15.9. The zero-order valence-corrected chi connectivity index (χ0v) is 13.9. The van der Waals surface area contributed by atoms with Crippen LogP contribution in [0.2, 0.25) is 0 Å². The van der Waals surface area contributed by atoms with Gasteiger partial charge < -0.3 is 15.0 Å². The van der Waals surface area contributed by atoms with Gasteiger partial charge in [-0.25, -0.2) is 4.79 Å². The van der Waals surface area contributed by atoms with Crippen LogP contribution in [0.3, 0.4) is 0 Å². The van der Waals surface area contributed by atoms with Crippen molar-refractivity contribution < 1.29 is 9.53 Å². The molecule has 1 amide bonds. The maximum Gasteiger partial charge on any atom is 0.411 e. The van der Waals surface area contributed by atoms with Gasteiger partial charge in [0.2, 0.25) is 0 Å². The minimum atomic E-state index is -0.451. The van der Waals surface area contributed by atoms with Crippen LogP contribution in [0.1, 0.15) is 13.8 Å². The highest BCUT2D eigenvalue weighted by Crippen LogP contribution is 2.36. The molecule has 1 heterocycles. The molecule has 0 saturated carbocycles. The summed E-state index contributed by atoms with van der Waals surface area (Å²) in [7, 11) is 0. The minimum absolute atomic E-state index is 0.344. The molecular formula is C19H21N3O2. The Morgan fingerprint density at radius 1 is 1.12 bits per heavy atom. The van der Waals surface area contributed by atoms with Gasteiger partial charge in [0, 0.05) is 23.2 Å². The van der Waals surface area contributed by atoms with Crippen molar-refractivity contribution in [1.82, 2.24) is 4.57 Å². The van der Waals surface area contributed by atoms with Crippen molar-refractivity contribution in [1.29, 1.82) is 0 Å². The Morgan fingerprint density at radius 3 is 2.50 bits per heavy atom. The second kappa shape index (κ2) is 6.66. The first-order valence-corrected chi connectivity index (χ1v) is 8.06. The van der Waals surface area contributed by atoms with Crippen LogP contribution in [0.25, 0.3) is 22.2 Å². The Kier molecular flexibility index (Phi) is 4.42. The van der Waals surface area contributed by atoms with E-state index in [2.05, 4.69) is 22.9 Å². The number of aromatic nitrogens is 1. The first-order valence-electron chi connectivity index (χ1n) is 8.06. The lowest BCUT2D eigenvalue weighted by atomic mass is 10.1. The van der Waals surface area contributed by atoms with Crippen molar-refractivity contribution in [3.63, 3.8) is 0 Å². The molecule has 5 heteroatoms. The van der Waals surface area contributed by atoms with Crippen LogP contribution in [0.15, 0.2) is 48.5 Å². The van der Waals surface area contributed by atoms with E-state index in [-0.39, 0.29) is 0 Å². The smallest absolute Gasteiger partial charge is 0.411 e. The molecule has 0 radical (unpaired) electrons. The van der Waals surface area contributed by atoms with E-state index in [1.165, 1.54) is 0 Å². The number of fused-ring (bicyclic) bond motifs is 1. The van der Waals surface area contributed by atoms with Crippen LogP contribution in [-0.4, -0.2) is 17.3 Å². The zero-order valence-electron chi connectivity index (χ0n) is 13.9. The van der Waals surface area contributed by atoms with Crippen LogP contribution < -0.4 is 11.1 Å². The molecule has 3 rings (SSSR count). The Hall–Kier alpha value is -2.95. The molecule has 0 bridgehead atoms. The van der Waals surface area contributed by atoms with Crippen LogP contribution in [0.5, 0.6) is 0 Å². The largest absolute Gasteiger partial charge is 0.450 e. The molecule has 1 aromatic heterocycles. The summed E-state index contributed by atoms with van der Waals surface area (Å²) in [6.45, 7) is 5.05. The van der Waals surface area contributed by atoms with Crippen LogP contribution in [-0.2, 0) is 11.3 Å². The summed E-state index contributed by atoms with van der Waals surface area (Å²) < 4.78 is 7.09. The number of anilines is 2. The van der Waals surface area contributed by atoms with Crippen LogP contribution >= 0.6 is 0 Å². The summed E-state index contributed by atoms with van der Waals surface area (Å²) in [5, 5.41) is 3.75. The molecule has 5 nitrogen and oxygen atoms in total. The molecule has 0 aliphatic carbocycles. The number of amides is 1. The number of carbonyl (C=O) groups excluding carboxylic acids is 1. The van der Waals surface area contributed by atoms with E-state index in [1.807, 2.05) is 42.5 Å². The van der Waals surface area contributed by atoms with E-state index in [9.17, 15) is 4.79 Å². The molecule has 2 aromatic carbocycles. The second-order valence-electron chi connectivity index (χ2n) is 5.45. The zero-order chi connectivity index (χ0) is 17.1. The van der Waals surface area contributed by atoms with E-state index in [4.69, 9.17) is 10.5 Å². The fourth-order valence-corrected chi connectivity index (χ4v) is 2.97. The fourth-order valence-electron chi connectivity index (χ4n) is 2.97. The molecule has 0 spiro atoms. The molecule has 24 heavy (non-hydrogen) atoms. The summed E-state index contributed by atoms with van der Waals surface area (Å²) in [5.74, 6) is 0. The molecular weight excluding hydrogens is 302 g/mol. The topological polar surface area (TPSA) is 69.3 Å². The fraction of sp³-hybridized carbons (Fsp3) is 0.211. The Morgan fingerprint density at radius 2 is 1.83 bits per heavy atom. The number of nitrogen functional groups attached to an aromatic ring is 1. The lowest BCUT2D eigenvalue weighted by molar-refractivity contribution is 0.168. The quantitative estimate of drug-likeness (QED) is 0.744. The average molecular weight is 323 g/mol. The minimum Gasteiger partial charge on any atom is -0.450 e. The number of aryl methyl sites for hydroxylation is 1. The molecule has 124 valence electrons. The van der Waals surface area contributed by atoms with E-state index in [0.29, 0.717) is 12.3 Å². The van der Waals surface area contributed by atoms with Gasteiger partial charge in [0.1, 0.15) is 0 Å². The maximum atomic E-state index is 11.5. The van der Waals surface area contributed by atoms with E-state index in [1.54, 1.807) is 6.92 Å². The maximum absolute atomic E-state index is 11.5. The average Bonchev–Trinajstić information content (AvgIpc) is 2.88. The normalized spacial score (nSPS) is 10.8. The van der Waals surface area contributed by atoms with Gasteiger partial charge in [-0.15, -0.1) is 0 Å². The summed E-state index contributed by atoms with van der Waals surface area (Å²) in [6.07, 6.45) is -0.451. The number of carbonyl (C=O) groups is 1. The first-order chi connectivity index (χ1) is 11.7. The van der Waals surface area contributed by atoms with Crippen molar-refractivity contribution in [2.45, 2.75) is 20.4 Å². The second-order valence-corrected chi connectivity index (χ2v) is 5.45. The summed E-state index contributed by atoms with van der Waals surface area (Å²) >= 11 is 0. The molecule has 0 atom stereocenters. The van der Waals surface area contributed by atoms with E-state index < -0.39 is 6.09 Å². The number of nitrogens with two attached hydrogens (primary N) is 1. The standard InChI is InChI=1S/C19H21N3O2/c1-3-22-16-8-6-5-7-15(16)17(20)18(22)13-9-11-14(12-10-13)21-19(23)24-4-2/h5-12H,3-4,20H2,1-2H3,(H,21,23). The molecule has 3 N–H and O–H groups in total. The van der Waals surface area contributed by atoms with Crippen LogP contribution in [0.4, 0.5) is 16.2 Å². The number of nitrogens with one attached hydrogen (secondary N) is 1. The van der Waals surface area contributed by atoms with Gasteiger partial charge in [-0.1, -0.05) is 30.3 Å². The highest BCUT2D eigenvalue weighted by molar-refractivity contribution is 6.01. The number of nitrogens with zero attached hydrogens (tertiary/aromatic N) is 1. The Bertz CT molecular complexity index is 866. The Labute approximate surface area is 141 Å². The third kappa shape index (κ3) is 2.80. The van der Waals surface area contributed by atoms with Gasteiger partial charge in [0.05, 0.1) is 23.5 Å². The predicted octanol–water partition coefficient (Wildman–Crippen LogP) is 4.48. The summed E-state index contributed by atoms with van der Waals surface area (Å²) in [6, 6.07) is 15.7. The van der Waals surface area contributed by atoms with Gasteiger partial charge in [-0.3, -0.25) is 5.32 Å². The highest BCUT2D eigenvalue weighted by Gasteiger charge is 2.15. The summed E-state index contributed by atoms with van der Waals surface area (Å²) in [5.41, 5.74) is 11.0. The third-order valence-corrected chi connectivity index (χ3v) is 4.01. The van der Waals surface area contributed by atoms with E-state index >= 15 is 0 Å². The lowest BCUT2D eigenvalue weighted by Gasteiger charge is -2.10. The van der Waals surface area contributed by atoms with Gasteiger partial charge >= 0.3 is 6.09 Å². The molecule has 0 aliphatic heterocycles. The molecule has 3 aromatic rings. The number of ether oxygens (including phenoxy) is 1. The van der Waals surface area contributed by atoms with Crippen molar-refractivity contribution in [2.24, 2.45) is 0 Å². The third-order valence-electron chi connectivity index (χ3n) is 4.01. The number of rotatable bonds is 4. The SMILES string of the molecule is CCOC(=O)Nc1ccc(-c2c(N)c3ccccc3n2CC)cc1. The molecule has 0 unspecified atom stereocenters. The summed E-state index contributed by atoms with van der Waals surface area (Å²) in [4.78, 5) is 11.5. The molecule has 0 aliphatic rings. The number of hydrogen-bond acceptors (Lipinski definition) is 3. The van der Waals surface area contributed by atoms with Gasteiger partial charge in [0.25, 0.3) is 0 Å². The van der Waals surface area contributed by atoms with Crippen molar-refractivity contribution in [2.75, 3.05) is 17.7 Å². The van der Waals surface area contributed by atoms with Crippen LogP contribution in [0, 0.1) is 0 Å². The van der Waals surface area contributed by atoms with Crippen molar-refractivity contribution in [3.05, 3.63) is 48.5 Å². The number of hydrogen-bond donors (Lipinski definition) is 2. The predicted molar refractivity (Wildman–Crippen MR) is 98.1 cm³/mol. The Balaban J connectivity index is 1.99. The van der Waals surface area contributed by atoms with E-state index in [0.717, 1.165) is 34.4 Å². The molecule has 0 saturated heterocycles. The van der Waals surface area contributed by atoms with Crippen molar-refractivity contribution >= 4 is 28.4 Å². The number of benzene rings is 2. The van der Waals surface area contributed by atoms with Gasteiger partial charge in [-0.2, -0.15) is 0 Å². The van der Waals surface area contributed by atoms with Gasteiger partial charge in [0.15, 0.2) is 0 Å².